The van der Waals surface area contributed by atoms with Gasteiger partial charge in [0.25, 0.3) is 0 Å². The Morgan fingerprint density at radius 2 is 0.892 bits per heavy atom. The second kappa shape index (κ2) is 35.4. The van der Waals surface area contributed by atoms with E-state index in [4.69, 9.17) is 43.0 Å². The lowest BCUT2D eigenvalue weighted by molar-refractivity contribution is -0.0238. The first-order chi connectivity index (χ1) is 18.4. The quantitative estimate of drug-likeness (QED) is 0.0989. The zero-order valence-electron chi connectivity index (χ0n) is 23.5. The molecule has 9 heteroatoms. The fourth-order valence-electron chi connectivity index (χ4n) is 3.10. The SMILES string of the molecule is CCCCCC/C=C\CCC[14CH2]OCCOCCOCCOCCOCCOCCOCCOCCO. The lowest BCUT2D eigenvalue weighted by Crippen LogP contribution is -2.15. The van der Waals surface area contributed by atoms with Crippen molar-refractivity contribution in [1.82, 2.24) is 0 Å². The third-order valence-corrected chi connectivity index (χ3v) is 5.14. The van der Waals surface area contributed by atoms with Crippen molar-refractivity contribution >= 4 is 0 Å². The highest BCUT2D eigenvalue weighted by Crippen LogP contribution is 2.04. The Labute approximate surface area is 226 Å². The predicted octanol–water partition coefficient (Wildman–Crippen LogP) is 3.81. The van der Waals surface area contributed by atoms with Gasteiger partial charge < -0.3 is 43.0 Å². The van der Waals surface area contributed by atoms with Gasteiger partial charge >= 0.3 is 0 Å². The zero-order chi connectivity index (χ0) is 26.7. The van der Waals surface area contributed by atoms with Crippen molar-refractivity contribution in [3.8, 4) is 0 Å². The van der Waals surface area contributed by atoms with Crippen LogP contribution in [0.4, 0.5) is 0 Å². The lowest BCUT2D eigenvalue weighted by Gasteiger charge is -2.08. The van der Waals surface area contributed by atoms with E-state index in [2.05, 4.69) is 19.1 Å². The molecule has 0 atom stereocenters. The molecule has 0 spiro atoms. The van der Waals surface area contributed by atoms with Crippen LogP contribution in [-0.2, 0) is 37.9 Å². The average molecular weight is 539 g/mol. The van der Waals surface area contributed by atoms with Gasteiger partial charge in [0.1, 0.15) is 0 Å². The Morgan fingerprint density at radius 3 is 1.32 bits per heavy atom. The van der Waals surface area contributed by atoms with Gasteiger partial charge in [0, 0.05) is 6.61 Å². The van der Waals surface area contributed by atoms with Crippen molar-refractivity contribution in [3.63, 3.8) is 0 Å². The van der Waals surface area contributed by atoms with E-state index in [1.165, 1.54) is 38.5 Å². The monoisotopic (exact) mass is 538 g/mol. The van der Waals surface area contributed by atoms with Crippen molar-refractivity contribution in [2.24, 2.45) is 0 Å². The van der Waals surface area contributed by atoms with Crippen molar-refractivity contribution < 1.29 is 43.0 Å². The highest BCUT2D eigenvalue weighted by molar-refractivity contribution is 4.81. The van der Waals surface area contributed by atoms with Crippen molar-refractivity contribution in [1.29, 1.82) is 0 Å². The molecule has 0 aliphatic carbocycles. The molecule has 0 aromatic carbocycles. The largest absolute Gasteiger partial charge is 0.394 e. The Hall–Kier alpha value is -0.620. The highest BCUT2D eigenvalue weighted by atomic mass is 16.7. The Balaban J connectivity index is 3.04. The summed E-state index contributed by atoms with van der Waals surface area (Å²) in [5, 5.41) is 8.56. The van der Waals surface area contributed by atoms with E-state index >= 15 is 0 Å². The molecule has 0 bridgehead atoms. The van der Waals surface area contributed by atoms with Crippen LogP contribution in [0.1, 0.15) is 58.3 Å². The minimum atomic E-state index is 0.0340. The van der Waals surface area contributed by atoms with Gasteiger partial charge in [-0.1, -0.05) is 38.3 Å². The van der Waals surface area contributed by atoms with Crippen LogP contribution in [0.25, 0.3) is 0 Å². The molecule has 0 saturated carbocycles. The van der Waals surface area contributed by atoms with Gasteiger partial charge in [-0.3, -0.25) is 0 Å². The summed E-state index contributed by atoms with van der Waals surface area (Å²) >= 11 is 0. The van der Waals surface area contributed by atoms with Crippen molar-refractivity contribution in [2.45, 2.75) is 58.3 Å². The average Bonchev–Trinajstić information content (AvgIpc) is 2.91. The number of hydrogen-bond donors (Lipinski definition) is 1. The van der Waals surface area contributed by atoms with Crippen LogP contribution >= 0.6 is 0 Å². The second-order valence-electron chi connectivity index (χ2n) is 8.44. The summed E-state index contributed by atoms with van der Waals surface area (Å²) in [5.74, 6) is 0. The van der Waals surface area contributed by atoms with E-state index in [0.29, 0.717) is 99.1 Å². The van der Waals surface area contributed by atoms with E-state index in [1.54, 1.807) is 0 Å². The standard InChI is InChI=1S/C28H56O9/c1-2-3-4-5-6-7-8-9-10-11-13-30-15-17-32-19-21-34-23-25-36-27-28-37-26-24-35-22-20-33-18-16-31-14-12-29/h7-8,29H,2-6,9-28H2,1H3/b8-7-/i13+2. The van der Waals surface area contributed by atoms with E-state index in [9.17, 15) is 0 Å². The maximum atomic E-state index is 8.56. The summed E-state index contributed by atoms with van der Waals surface area (Å²) in [5.41, 5.74) is 0. The Bertz CT molecular complexity index is 424. The van der Waals surface area contributed by atoms with Gasteiger partial charge in [-0.15, -0.1) is 0 Å². The first kappa shape index (κ1) is 36.4. The zero-order valence-corrected chi connectivity index (χ0v) is 23.5. The molecule has 0 aromatic heterocycles. The smallest absolute Gasteiger partial charge is 0.0701 e. The Kier molecular flexibility index (Phi) is 34.8. The van der Waals surface area contributed by atoms with Crippen LogP contribution in [0, 0.1) is 0 Å². The van der Waals surface area contributed by atoms with E-state index in [-0.39, 0.29) is 6.61 Å². The summed E-state index contributed by atoms with van der Waals surface area (Å²) in [6.45, 7) is 11.0. The Morgan fingerprint density at radius 1 is 0.486 bits per heavy atom. The fraction of sp³-hybridized carbons (Fsp3) is 0.929. The lowest BCUT2D eigenvalue weighted by atomic mass is 10.1. The van der Waals surface area contributed by atoms with E-state index < -0.39 is 0 Å². The molecule has 0 radical (unpaired) electrons. The molecule has 0 fully saturated rings. The summed E-state index contributed by atoms with van der Waals surface area (Å²) in [7, 11) is 0. The topological polar surface area (TPSA) is 94.1 Å². The van der Waals surface area contributed by atoms with Gasteiger partial charge in [-0.05, 0) is 32.1 Å². The number of ether oxygens (including phenoxy) is 8. The number of aliphatic hydroxyl groups excluding tert-OH is 1. The molecule has 0 aliphatic heterocycles. The molecular weight excluding hydrogens is 482 g/mol. The molecule has 0 heterocycles. The number of hydrogen-bond acceptors (Lipinski definition) is 9. The molecule has 1 N–H and O–H groups in total. The predicted molar refractivity (Wildman–Crippen MR) is 145 cm³/mol. The molecule has 0 rings (SSSR count). The number of unbranched alkanes of at least 4 members (excludes halogenated alkanes) is 6. The molecular formula is C28H56O9. The van der Waals surface area contributed by atoms with Crippen LogP contribution in [-0.4, -0.2) is 117 Å². The third-order valence-electron chi connectivity index (χ3n) is 5.14. The minimum absolute atomic E-state index is 0.0340. The van der Waals surface area contributed by atoms with Crippen LogP contribution in [0.2, 0.25) is 0 Å². The molecule has 37 heavy (non-hydrogen) atoms. The number of rotatable bonds is 33. The van der Waals surface area contributed by atoms with Crippen molar-refractivity contribution in [3.05, 3.63) is 12.2 Å². The minimum Gasteiger partial charge on any atom is -0.394 e. The van der Waals surface area contributed by atoms with Gasteiger partial charge in [-0.2, -0.15) is 0 Å². The summed E-state index contributed by atoms with van der Waals surface area (Å²) in [6, 6.07) is 0. The van der Waals surface area contributed by atoms with Crippen LogP contribution in [0.15, 0.2) is 12.2 Å². The van der Waals surface area contributed by atoms with Gasteiger partial charge in [-0.25, -0.2) is 0 Å². The second-order valence-corrected chi connectivity index (χ2v) is 8.44. The first-order valence-electron chi connectivity index (χ1n) is 14.3. The number of aliphatic hydroxyl groups is 1. The van der Waals surface area contributed by atoms with Crippen LogP contribution in [0.3, 0.4) is 0 Å². The third kappa shape index (κ3) is 35.4. The fourth-order valence-corrected chi connectivity index (χ4v) is 3.10. The van der Waals surface area contributed by atoms with Crippen LogP contribution in [0.5, 0.6) is 0 Å². The molecule has 0 unspecified atom stereocenters. The van der Waals surface area contributed by atoms with E-state index in [0.717, 1.165) is 19.4 Å². The summed E-state index contributed by atoms with van der Waals surface area (Å²) in [4.78, 5) is 0. The first-order valence-corrected chi connectivity index (χ1v) is 14.3. The number of allylic oxidation sites excluding steroid dienone is 2. The molecule has 0 aliphatic rings. The van der Waals surface area contributed by atoms with Gasteiger partial charge in [0.2, 0.25) is 0 Å². The highest BCUT2D eigenvalue weighted by Gasteiger charge is 1.95. The summed E-state index contributed by atoms with van der Waals surface area (Å²) < 4.78 is 43.3. The van der Waals surface area contributed by atoms with Gasteiger partial charge in [0.05, 0.1) is 106 Å². The maximum absolute atomic E-state index is 8.56. The molecule has 222 valence electrons. The van der Waals surface area contributed by atoms with Crippen molar-refractivity contribution in [2.75, 3.05) is 112 Å². The molecule has 0 saturated heterocycles. The normalized spacial score (nSPS) is 11.7. The molecule has 0 aromatic rings. The van der Waals surface area contributed by atoms with Crippen LogP contribution < -0.4 is 0 Å². The molecule has 9 nitrogen and oxygen atoms in total. The van der Waals surface area contributed by atoms with E-state index in [1.807, 2.05) is 0 Å². The summed E-state index contributed by atoms with van der Waals surface area (Å²) in [6.07, 6.45) is 14.6. The molecule has 0 amide bonds. The van der Waals surface area contributed by atoms with Gasteiger partial charge in [0.15, 0.2) is 0 Å². The maximum Gasteiger partial charge on any atom is 0.0701 e.